The molecule has 1 saturated carbocycles. The van der Waals surface area contributed by atoms with Crippen LogP contribution in [0.1, 0.15) is 12.8 Å². The zero-order valence-electron chi connectivity index (χ0n) is 9.28. The third-order valence-corrected chi connectivity index (χ3v) is 4.18. The zero-order chi connectivity index (χ0) is 10.9. The molecule has 88 valence electrons. The molecule has 5 heteroatoms. The van der Waals surface area contributed by atoms with E-state index in [9.17, 15) is 8.42 Å². The van der Waals surface area contributed by atoms with Crippen LogP contribution in [0.15, 0.2) is 0 Å². The molecule has 2 rings (SSSR count). The summed E-state index contributed by atoms with van der Waals surface area (Å²) in [5, 5.41) is 3.52. The van der Waals surface area contributed by atoms with Crippen LogP contribution in [0.5, 0.6) is 0 Å². The van der Waals surface area contributed by atoms with Crippen molar-refractivity contribution in [3.63, 3.8) is 0 Å². The summed E-state index contributed by atoms with van der Waals surface area (Å²) in [5.41, 5.74) is 0. The first-order valence-corrected chi connectivity index (χ1v) is 7.74. The number of sulfone groups is 1. The van der Waals surface area contributed by atoms with Gasteiger partial charge in [-0.25, -0.2) is 8.42 Å². The molecule has 1 N–H and O–H groups in total. The smallest absolute Gasteiger partial charge is 0.148 e. The summed E-state index contributed by atoms with van der Waals surface area (Å²) in [4.78, 5) is 2.28. The summed E-state index contributed by atoms with van der Waals surface area (Å²) in [5.74, 6) is 1.15. The predicted molar refractivity (Wildman–Crippen MR) is 60.7 cm³/mol. The van der Waals surface area contributed by atoms with Crippen LogP contribution in [0.3, 0.4) is 0 Å². The molecule has 1 saturated heterocycles. The van der Waals surface area contributed by atoms with E-state index >= 15 is 0 Å². The van der Waals surface area contributed by atoms with Crippen LogP contribution in [0.25, 0.3) is 0 Å². The maximum atomic E-state index is 11.1. The van der Waals surface area contributed by atoms with Crippen LogP contribution < -0.4 is 5.32 Å². The van der Waals surface area contributed by atoms with E-state index in [-0.39, 0.29) is 0 Å². The molecule has 0 radical (unpaired) electrons. The minimum Gasteiger partial charge on any atom is -0.311 e. The van der Waals surface area contributed by atoms with Crippen molar-refractivity contribution >= 4 is 9.84 Å². The Balaban J connectivity index is 1.77. The molecule has 2 aliphatic rings. The summed E-state index contributed by atoms with van der Waals surface area (Å²) in [6, 6.07) is 0.610. The summed E-state index contributed by atoms with van der Waals surface area (Å²) < 4.78 is 22.1. The third kappa shape index (κ3) is 3.74. The van der Waals surface area contributed by atoms with Crippen LogP contribution in [0.2, 0.25) is 0 Å². The van der Waals surface area contributed by atoms with Gasteiger partial charge in [0, 0.05) is 38.5 Å². The number of hydrogen-bond acceptors (Lipinski definition) is 4. The van der Waals surface area contributed by atoms with Gasteiger partial charge in [0.15, 0.2) is 0 Å². The van der Waals surface area contributed by atoms with Crippen molar-refractivity contribution in [2.75, 3.05) is 38.2 Å². The van der Waals surface area contributed by atoms with E-state index in [1.807, 2.05) is 0 Å². The molecule has 0 aromatic heterocycles. The first-order valence-electron chi connectivity index (χ1n) is 5.68. The Hall–Kier alpha value is -0.130. The number of hydrogen-bond donors (Lipinski definition) is 1. The molecule has 1 aliphatic heterocycles. The van der Waals surface area contributed by atoms with Crippen LogP contribution in [-0.2, 0) is 9.84 Å². The normalized spacial score (nSPS) is 29.3. The van der Waals surface area contributed by atoms with E-state index in [1.165, 1.54) is 19.1 Å². The molecular weight excluding hydrogens is 212 g/mol. The molecule has 0 amide bonds. The van der Waals surface area contributed by atoms with Gasteiger partial charge in [-0.2, -0.15) is 0 Å². The molecule has 1 unspecified atom stereocenters. The SMILES string of the molecule is CS(=O)(=O)CCN1CCNC(C2CC2)C1. The van der Waals surface area contributed by atoms with E-state index in [0.29, 0.717) is 18.3 Å². The van der Waals surface area contributed by atoms with E-state index in [2.05, 4.69) is 10.2 Å². The van der Waals surface area contributed by atoms with Crippen LogP contribution in [0, 0.1) is 5.92 Å². The van der Waals surface area contributed by atoms with Crippen LogP contribution in [0.4, 0.5) is 0 Å². The van der Waals surface area contributed by atoms with Gasteiger partial charge in [-0.3, -0.25) is 4.90 Å². The minimum atomic E-state index is -2.81. The highest BCUT2D eigenvalue weighted by atomic mass is 32.2. The van der Waals surface area contributed by atoms with Crippen molar-refractivity contribution in [2.24, 2.45) is 5.92 Å². The molecule has 2 fully saturated rings. The monoisotopic (exact) mass is 232 g/mol. The fourth-order valence-electron chi connectivity index (χ4n) is 2.15. The summed E-state index contributed by atoms with van der Waals surface area (Å²) in [7, 11) is -2.81. The van der Waals surface area contributed by atoms with E-state index < -0.39 is 9.84 Å². The van der Waals surface area contributed by atoms with Crippen molar-refractivity contribution in [3.05, 3.63) is 0 Å². The summed E-state index contributed by atoms with van der Waals surface area (Å²) >= 11 is 0. The van der Waals surface area contributed by atoms with Gasteiger partial charge in [-0.1, -0.05) is 0 Å². The van der Waals surface area contributed by atoms with Crippen LogP contribution in [-0.4, -0.2) is 57.5 Å². The number of nitrogens with one attached hydrogen (secondary N) is 1. The summed E-state index contributed by atoms with van der Waals surface area (Å²) in [6.45, 7) is 3.72. The quantitative estimate of drug-likeness (QED) is 0.724. The van der Waals surface area contributed by atoms with Gasteiger partial charge in [0.05, 0.1) is 5.75 Å². The molecule has 0 aromatic rings. The largest absolute Gasteiger partial charge is 0.311 e. The average Bonchev–Trinajstić information content (AvgIpc) is 2.97. The molecular formula is C10H20N2O2S. The fraction of sp³-hybridized carbons (Fsp3) is 1.00. The second-order valence-electron chi connectivity index (χ2n) is 4.83. The topological polar surface area (TPSA) is 49.4 Å². The van der Waals surface area contributed by atoms with E-state index in [4.69, 9.17) is 0 Å². The van der Waals surface area contributed by atoms with Gasteiger partial charge in [0.1, 0.15) is 9.84 Å². The van der Waals surface area contributed by atoms with E-state index in [0.717, 1.165) is 25.6 Å². The highest BCUT2D eigenvalue weighted by Crippen LogP contribution is 2.33. The lowest BCUT2D eigenvalue weighted by atomic mass is 10.1. The van der Waals surface area contributed by atoms with Crippen molar-refractivity contribution in [1.29, 1.82) is 0 Å². The van der Waals surface area contributed by atoms with Gasteiger partial charge < -0.3 is 5.32 Å². The highest BCUT2D eigenvalue weighted by Gasteiger charge is 2.33. The van der Waals surface area contributed by atoms with Crippen LogP contribution >= 0.6 is 0 Å². The number of piperazine rings is 1. The fourth-order valence-corrected chi connectivity index (χ4v) is 2.74. The Kier molecular flexibility index (Phi) is 3.33. The lowest BCUT2D eigenvalue weighted by Crippen LogP contribution is -2.52. The zero-order valence-corrected chi connectivity index (χ0v) is 10.1. The van der Waals surface area contributed by atoms with E-state index in [1.54, 1.807) is 0 Å². The van der Waals surface area contributed by atoms with Crippen molar-refractivity contribution in [3.8, 4) is 0 Å². The lowest BCUT2D eigenvalue weighted by molar-refractivity contribution is 0.198. The Morgan fingerprint density at radius 3 is 2.73 bits per heavy atom. The van der Waals surface area contributed by atoms with Gasteiger partial charge in [0.2, 0.25) is 0 Å². The molecule has 1 atom stereocenters. The maximum absolute atomic E-state index is 11.1. The maximum Gasteiger partial charge on any atom is 0.148 e. The Morgan fingerprint density at radius 2 is 2.13 bits per heavy atom. The van der Waals surface area contributed by atoms with Crippen molar-refractivity contribution < 1.29 is 8.42 Å². The Morgan fingerprint density at radius 1 is 1.40 bits per heavy atom. The highest BCUT2D eigenvalue weighted by molar-refractivity contribution is 7.90. The van der Waals surface area contributed by atoms with Crippen molar-refractivity contribution in [2.45, 2.75) is 18.9 Å². The number of nitrogens with zero attached hydrogens (tertiary/aromatic N) is 1. The third-order valence-electron chi connectivity index (χ3n) is 3.26. The van der Waals surface area contributed by atoms with Crippen molar-refractivity contribution in [1.82, 2.24) is 10.2 Å². The standard InChI is InChI=1S/C10H20N2O2S/c1-15(13,14)7-6-12-5-4-11-10(8-12)9-2-3-9/h9-11H,2-8H2,1H3. The molecule has 1 heterocycles. The first-order chi connectivity index (χ1) is 7.04. The first kappa shape index (κ1) is 11.4. The minimum absolute atomic E-state index is 0.296. The Labute approximate surface area is 91.9 Å². The van der Waals surface area contributed by atoms with Gasteiger partial charge in [-0.15, -0.1) is 0 Å². The molecule has 0 spiro atoms. The average molecular weight is 232 g/mol. The van der Waals surface area contributed by atoms with Gasteiger partial charge in [0.25, 0.3) is 0 Å². The predicted octanol–water partition coefficient (Wildman–Crippen LogP) is -0.285. The summed E-state index contributed by atoms with van der Waals surface area (Å²) in [6.07, 6.45) is 4.00. The number of rotatable bonds is 4. The lowest BCUT2D eigenvalue weighted by Gasteiger charge is -2.33. The van der Waals surface area contributed by atoms with Gasteiger partial charge in [-0.05, 0) is 18.8 Å². The second kappa shape index (κ2) is 4.39. The Bertz CT molecular complexity index is 311. The molecule has 1 aliphatic carbocycles. The molecule has 0 aromatic carbocycles. The molecule has 4 nitrogen and oxygen atoms in total. The van der Waals surface area contributed by atoms with Gasteiger partial charge >= 0.3 is 0 Å². The molecule has 0 bridgehead atoms. The molecule has 15 heavy (non-hydrogen) atoms. The second-order valence-corrected chi connectivity index (χ2v) is 7.09.